The second-order valence-electron chi connectivity index (χ2n) is 4.19. The van der Waals surface area contributed by atoms with Gasteiger partial charge in [0.15, 0.2) is 17.7 Å². The van der Waals surface area contributed by atoms with E-state index in [2.05, 4.69) is 0 Å². The summed E-state index contributed by atoms with van der Waals surface area (Å²) in [5.41, 5.74) is 6.67. The first kappa shape index (κ1) is 16.3. The van der Waals surface area contributed by atoms with Crippen molar-refractivity contribution in [1.82, 2.24) is 0 Å². The van der Waals surface area contributed by atoms with Gasteiger partial charge in [-0.1, -0.05) is 12.1 Å². The molecule has 0 saturated heterocycles. The van der Waals surface area contributed by atoms with Gasteiger partial charge in [-0.3, -0.25) is 14.1 Å². The lowest BCUT2D eigenvalue weighted by Gasteiger charge is -2.14. The molecular formula is C12H15NO6S. The number of rotatable bonds is 6. The average molecular weight is 301 g/mol. The number of ketones is 2. The Morgan fingerprint density at radius 3 is 2.50 bits per heavy atom. The van der Waals surface area contributed by atoms with Crippen LogP contribution in [0.1, 0.15) is 15.9 Å². The van der Waals surface area contributed by atoms with Crippen molar-refractivity contribution in [2.24, 2.45) is 0 Å². The second-order valence-corrected chi connectivity index (χ2v) is 5.64. The third-order valence-electron chi connectivity index (χ3n) is 2.73. The Balaban J connectivity index is 3.10. The van der Waals surface area contributed by atoms with Gasteiger partial charge in [-0.15, -0.1) is 0 Å². The normalized spacial score (nSPS) is 12.9. The number of carbonyl (C=O) groups excluding carboxylic acids is 2. The molecule has 7 nitrogen and oxygen atoms in total. The highest BCUT2D eigenvalue weighted by Crippen LogP contribution is 2.18. The van der Waals surface area contributed by atoms with E-state index < -0.39 is 33.5 Å². The van der Waals surface area contributed by atoms with E-state index in [0.29, 0.717) is 11.3 Å². The van der Waals surface area contributed by atoms with Gasteiger partial charge in [0.25, 0.3) is 10.1 Å². The van der Waals surface area contributed by atoms with E-state index >= 15 is 0 Å². The number of hydrogen-bond acceptors (Lipinski definition) is 6. The van der Waals surface area contributed by atoms with Crippen molar-refractivity contribution in [3.63, 3.8) is 0 Å². The van der Waals surface area contributed by atoms with Crippen LogP contribution in [-0.4, -0.2) is 43.5 Å². The third kappa shape index (κ3) is 3.86. The molecule has 0 amide bonds. The largest absolute Gasteiger partial charge is 0.398 e. The Morgan fingerprint density at radius 2 is 2.00 bits per heavy atom. The molecular weight excluding hydrogens is 286 g/mol. The molecule has 20 heavy (non-hydrogen) atoms. The molecule has 1 unspecified atom stereocenters. The zero-order valence-corrected chi connectivity index (χ0v) is 11.8. The maximum absolute atomic E-state index is 12.2. The highest BCUT2D eigenvalue weighted by atomic mass is 32.2. The maximum Gasteiger partial charge on any atom is 0.272 e. The summed E-state index contributed by atoms with van der Waals surface area (Å²) in [7, 11) is -3.42. The van der Waals surface area contributed by atoms with E-state index in [-0.39, 0.29) is 5.56 Å². The summed E-state index contributed by atoms with van der Waals surface area (Å²) >= 11 is 0. The van der Waals surface area contributed by atoms with E-state index in [0.717, 1.165) is 7.11 Å². The Kier molecular flexibility index (Phi) is 4.98. The molecule has 0 bridgehead atoms. The van der Waals surface area contributed by atoms with Crippen molar-refractivity contribution in [2.75, 3.05) is 18.6 Å². The predicted molar refractivity (Wildman–Crippen MR) is 72.1 cm³/mol. The molecule has 0 fully saturated rings. The summed E-state index contributed by atoms with van der Waals surface area (Å²) in [6.45, 7) is 1.60. The number of nitrogen functional groups attached to an aromatic ring is 1. The molecule has 0 aliphatic rings. The number of Topliss-reactive ketones (excluding diaryl/α,β-unsaturated/α-hetero) is 2. The third-order valence-corrected chi connectivity index (χ3v) is 3.38. The SMILES string of the molecule is COC(C(=O)CS(=O)(=O)O)C(=O)c1cccc(N)c1C. The van der Waals surface area contributed by atoms with Crippen LogP contribution in [-0.2, 0) is 19.6 Å². The fourth-order valence-electron chi connectivity index (χ4n) is 1.70. The topological polar surface area (TPSA) is 124 Å². The highest BCUT2D eigenvalue weighted by Gasteiger charge is 2.31. The minimum absolute atomic E-state index is 0.167. The van der Waals surface area contributed by atoms with Crippen molar-refractivity contribution in [3.05, 3.63) is 29.3 Å². The molecule has 0 spiro atoms. The summed E-state index contributed by atoms with van der Waals surface area (Å²) < 4.78 is 34.8. The summed E-state index contributed by atoms with van der Waals surface area (Å²) in [5.74, 6) is -2.92. The Labute approximate surface area is 116 Å². The molecule has 3 N–H and O–H groups in total. The summed E-state index contributed by atoms with van der Waals surface area (Å²) in [6, 6.07) is 4.59. The number of methoxy groups -OCH3 is 1. The molecule has 0 radical (unpaired) electrons. The van der Waals surface area contributed by atoms with Crippen LogP contribution >= 0.6 is 0 Å². The van der Waals surface area contributed by atoms with Crippen LogP contribution in [0.5, 0.6) is 0 Å². The lowest BCUT2D eigenvalue weighted by atomic mass is 9.98. The van der Waals surface area contributed by atoms with Crippen LogP contribution in [0.25, 0.3) is 0 Å². The van der Waals surface area contributed by atoms with E-state index in [1.54, 1.807) is 13.0 Å². The standard InChI is InChI=1S/C12H15NO6S/c1-7-8(4-3-5-9(7)13)11(15)12(19-2)10(14)6-20(16,17)18/h3-5,12H,6,13H2,1-2H3,(H,16,17,18). The predicted octanol–water partition coefficient (Wildman–Crippen LogP) is 0.232. The first-order valence-electron chi connectivity index (χ1n) is 5.57. The Hall–Kier alpha value is -1.77. The van der Waals surface area contributed by atoms with E-state index in [9.17, 15) is 18.0 Å². The summed E-state index contributed by atoms with van der Waals surface area (Å²) in [6.07, 6.45) is -1.60. The van der Waals surface area contributed by atoms with Gasteiger partial charge >= 0.3 is 0 Å². The van der Waals surface area contributed by atoms with Crippen molar-refractivity contribution < 1.29 is 27.3 Å². The molecule has 0 heterocycles. The molecule has 1 atom stereocenters. The van der Waals surface area contributed by atoms with Crippen LogP contribution in [0.15, 0.2) is 18.2 Å². The smallest absolute Gasteiger partial charge is 0.272 e. The zero-order valence-electron chi connectivity index (χ0n) is 11.0. The monoisotopic (exact) mass is 301 g/mol. The molecule has 0 saturated carbocycles. The van der Waals surface area contributed by atoms with Gasteiger partial charge in [-0.2, -0.15) is 8.42 Å². The van der Waals surface area contributed by atoms with Crippen molar-refractivity contribution in [2.45, 2.75) is 13.0 Å². The zero-order chi connectivity index (χ0) is 15.5. The quantitative estimate of drug-likeness (QED) is 0.333. The van der Waals surface area contributed by atoms with Gasteiger partial charge < -0.3 is 10.5 Å². The van der Waals surface area contributed by atoms with Gasteiger partial charge in [0.1, 0.15) is 5.75 Å². The first-order chi connectivity index (χ1) is 9.17. The molecule has 1 aromatic rings. The van der Waals surface area contributed by atoms with Crippen LogP contribution < -0.4 is 5.73 Å². The van der Waals surface area contributed by atoms with Gasteiger partial charge in [0, 0.05) is 18.4 Å². The lowest BCUT2D eigenvalue weighted by Crippen LogP contribution is -2.36. The molecule has 0 aliphatic carbocycles. The Bertz CT molecular complexity index is 637. The van der Waals surface area contributed by atoms with Gasteiger partial charge in [0.05, 0.1) is 0 Å². The van der Waals surface area contributed by atoms with Crippen LogP contribution in [0.2, 0.25) is 0 Å². The average Bonchev–Trinajstić information content (AvgIpc) is 2.31. The number of nitrogens with two attached hydrogens (primary N) is 1. The summed E-state index contributed by atoms with van der Waals surface area (Å²) in [5, 5.41) is 0. The molecule has 1 aromatic carbocycles. The van der Waals surface area contributed by atoms with Gasteiger partial charge in [0.2, 0.25) is 0 Å². The summed E-state index contributed by atoms with van der Waals surface area (Å²) in [4.78, 5) is 23.9. The molecule has 1 rings (SSSR count). The molecule has 8 heteroatoms. The van der Waals surface area contributed by atoms with Crippen LogP contribution in [0.3, 0.4) is 0 Å². The number of carbonyl (C=O) groups is 2. The maximum atomic E-state index is 12.2. The fraction of sp³-hybridized carbons (Fsp3) is 0.333. The van der Waals surface area contributed by atoms with Gasteiger partial charge in [-0.25, -0.2) is 0 Å². The molecule has 0 aromatic heterocycles. The van der Waals surface area contributed by atoms with Gasteiger partial charge in [-0.05, 0) is 18.6 Å². The minimum Gasteiger partial charge on any atom is -0.398 e. The lowest BCUT2D eigenvalue weighted by molar-refractivity contribution is -0.123. The highest BCUT2D eigenvalue weighted by molar-refractivity contribution is 7.86. The van der Waals surface area contributed by atoms with E-state index in [1.165, 1.54) is 12.1 Å². The van der Waals surface area contributed by atoms with Crippen molar-refractivity contribution >= 4 is 27.4 Å². The number of anilines is 1. The van der Waals surface area contributed by atoms with E-state index in [4.69, 9.17) is 15.0 Å². The van der Waals surface area contributed by atoms with Crippen LogP contribution in [0.4, 0.5) is 5.69 Å². The van der Waals surface area contributed by atoms with Crippen molar-refractivity contribution in [3.8, 4) is 0 Å². The Morgan fingerprint density at radius 1 is 1.40 bits per heavy atom. The number of hydrogen-bond donors (Lipinski definition) is 2. The van der Waals surface area contributed by atoms with E-state index in [1.807, 2.05) is 0 Å². The number of benzene rings is 1. The first-order valence-corrected chi connectivity index (χ1v) is 7.18. The minimum atomic E-state index is -4.52. The van der Waals surface area contributed by atoms with Crippen LogP contribution in [0, 0.1) is 6.92 Å². The van der Waals surface area contributed by atoms with Crippen molar-refractivity contribution in [1.29, 1.82) is 0 Å². The fourth-order valence-corrected chi connectivity index (χ4v) is 2.21. The molecule has 0 aliphatic heterocycles. The second kappa shape index (κ2) is 6.12. The number of ether oxygens (including phenoxy) is 1. The molecule has 110 valence electrons.